The Morgan fingerprint density at radius 2 is 2.06 bits per heavy atom. The molecular weight excluding hydrogens is 226 g/mol. The summed E-state index contributed by atoms with van der Waals surface area (Å²) in [6.45, 7) is 5.96. The fraction of sp³-hybridized carbons (Fsp3) is 0.357. The molecule has 0 unspecified atom stereocenters. The van der Waals surface area contributed by atoms with Crippen molar-refractivity contribution in [2.24, 2.45) is 0 Å². The van der Waals surface area contributed by atoms with Gasteiger partial charge in [-0.05, 0) is 24.6 Å². The molecule has 18 heavy (non-hydrogen) atoms. The van der Waals surface area contributed by atoms with Crippen molar-refractivity contribution in [1.82, 2.24) is 10.3 Å². The average Bonchev–Trinajstić information content (AvgIpc) is 2.41. The minimum Gasteiger partial charge on any atom is -0.506 e. The van der Waals surface area contributed by atoms with Crippen LogP contribution in [0, 0.1) is 6.92 Å². The molecule has 0 bridgehead atoms. The van der Waals surface area contributed by atoms with Crippen LogP contribution in [-0.2, 0) is 0 Å². The van der Waals surface area contributed by atoms with Crippen molar-refractivity contribution in [2.75, 3.05) is 31.1 Å². The summed E-state index contributed by atoms with van der Waals surface area (Å²) in [6.07, 6.45) is 0. The Morgan fingerprint density at radius 1 is 1.28 bits per heavy atom. The van der Waals surface area contributed by atoms with Crippen LogP contribution in [0.25, 0.3) is 10.9 Å². The average molecular weight is 243 g/mol. The van der Waals surface area contributed by atoms with Gasteiger partial charge in [-0.3, -0.25) is 0 Å². The molecule has 0 spiro atoms. The third-order valence-electron chi connectivity index (χ3n) is 3.45. The molecule has 1 aliphatic heterocycles. The summed E-state index contributed by atoms with van der Waals surface area (Å²) in [5.74, 6) is 1.22. The predicted octanol–water partition coefficient (Wildman–Crippen LogP) is 1.66. The van der Waals surface area contributed by atoms with E-state index in [-0.39, 0.29) is 5.75 Å². The van der Waals surface area contributed by atoms with Crippen molar-refractivity contribution in [3.05, 3.63) is 29.8 Å². The minimum atomic E-state index is 0.257. The van der Waals surface area contributed by atoms with Gasteiger partial charge in [0, 0.05) is 31.6 Å². The highest BCUT2D eigenvalue weighted by molar-refractivity contribution is 5.88. The van der Waals surface area contributed by atoms with Crippen LogP contribution in [0.15, 0.2) is 24.3 Å². The molecule has 1 aromatic carbocycles. The Kier molecular flexibility index (Phi) is 2.80. The number of phenols is 1. The minimum absolute atomic E-state index is 0.257. The van der Waals surface area contributed by atoms with Gasteiger partial charge in [-0.25, -0.2) is 4.98 Å². The summed E-state index contributed by atoms with van der Waals surface area (Å²) in [7, 11) is 0. The number of pyridine rings is 1. The summed E-state index contributed by atoms with van der Waals surface area (Å²) < 4.78 is 0. The van der Waals surface area contributed by atoms with E-state index in [1.54, 1.807) is 6.07 Å². The van der Waals surface area contributed by atoms with Crippen LogP contribution in [-0.4, -0.2) is 36.3 Å². The van der Waals surface area contributed by atoms with Gasteiger partial charge in [-0.2, -0.15) is 0 Å². The second-order valence-corrected chi connectivity index (χ2v) is 4.71. The first-order chi connectivity index (χ1) is 8.75. The van der Waals surface area contributed by atoms with Crippen molar-refractivity contribution in [1.29, 1.82) is 0 Å². The molecule has 2 heterocycles. The van der Waals surface area contributed by atoms with Crippen molar-refractivity contribution in [3.8, 4) is 5.75 Å². The summed E-state index contributed by atoms with van der Waals surface area (Å²) in [6, 6.07) is 7.65. The van der Waals surface area contributed by atoms with E-state index in [1.165, 1.54) is 0 Å². The zero-order valence-electron chi connectivity index (χ0n) is 10.5. The second-order valence-electron chi connectivity index (χ2n) is 4.71. The monoisotopic (exact) mass is 243 g/mol. The highest BCUT2D eigenvalue weighted by Crippen LogP contribution is 2.28. The summed E-state index contributed by atoms with van der Waals surface area (Å²) in [4.78, 5) is 6.87. The third kappa shape index (κ3) is 1.88. The van der Waals surface area contributed by atoms with Crippen LogP contribution in [0.4, 0.5) is 5.82 Å². The molecule has 0 saturated carbocycles. The van der Waals surface area contributed by atoms with Crippen molar-refractivity contribution < 1.29 is 5.11 Å². The lowest BCUT2D eigenvalue weighted by Gasteiger charge is -2.29. The Hall–Kier alpha value is -1.81. The number of aromatic nitrogens is 1. The maximum absolute atomic E-state index is 9.93. The number of anilines is 1. The number of rotatable bonds is 1. The van der Waals surface area contributed by atoms with E-state index in [1.807, 2.05) is 12.1 Å². The quantitative estimate of drug-likeness (QED) is 0.799. The predicted molar refractivity (Wildman–Crippen MR) is 73.2 cm³/mol. The van der Waals surface area contributed by atoms with E-state index in [0.29, 0.717) is 5.52 Å². The van der Waals surface area contributed by atoms with Crippen molar-refractivity contribution >= 4 is 16.7 Å². The maximum Gasteiger partial charge on any atom is 0.141 e. The molecule has 1 aromatic heterocycles. The number of fused-ring (bicyclic) bond motifs is 1. The van der Waals surface area contributed by atoms with Crippen LogP contribution in [0.3, 0.4) is 0 Å². The smallest absolute Gasteiger partial charge is 0.141 e. The Labute approximate surface area is 106 Å². The number of piperazine rings is 1. The molecule has 0 radical (unpaired) electrons. The molecule has 1 saturated heterocycles. The van der Waals surface area contributed by atoms with Gasteiger partial charge in [0.15, 0.2) is 0 Å². The molecule has 3 rings (SSSR count). The Morgan fingerprint density at radius 3 is 2.83 bits per heavy atom. The number of benzene rings is 1. The standard InChI is InChI=1S/C14H17N3O/c1-10-9-13(17-7-5-15-6-8-17)16-14-11(10)3-2-4-12(14)18/h2-4,9,15,18H,5-8H2,1H3. The Balaban J connectivity index is 2.11. The molecule has 2 aromatic rings. The molecule has 4 nitrogen and oxygen atoms in total. The fourth-order valence-corrected chi connectivity index (χ4v) is 2.44. The number of para-hydroxylation sites is 1. The molecular formula is C14H17N3O. The summed E-state index contributed by atoms with van der Waals surface area (Å²) in [5, 5.41) is 14.3. The van der Waals surface area contributed by atoms with Crippen LogP contribution in [0.2, 0.25) is 0 Å². The number of hydrogen-bond donors (Lipinski definition) is 2. The van der Waals surface area contributed by atoms with Gasteiger partial charge < -0.3 is 15.3 Å². The van der Waals surface area contributed by atoms with Crippen LogP contribution >= 0.6 is 0 Å². The van der Waals surface area contributed by atoms with Crippen LogP contribution < -0.4 is 10.2 Å². The van der Waals surface area contributed by atoms with E-state index >= 15 is 0 Å². The Bertz CT molecular complexity index is 577. The highest BCUT2D eigenvalue weighted by Gasteiger charge is 2.14. The largest absolute Gasteiger partial charge is 0.506 e. The molecule has 0 atom stereocenters. The number of hydrogen-bond acceptors (Lipinski definition) is 4. The molecule has 0 amide bonds. The molecule has 4 heteroatoms. The molecule has 1 aliphatic rings. The number of phenolic OH excluding ortho intramolecular Hbond substituents is 1. The molecule has 1 fully saturated rings. The van der Waals surface area contributed by atoms with E-state index in [9.17, 15) is 5.11 Å². The van der Waals surface area contributed by atoms with Gasteiger partial charge in [0.2, 0.25) is 0 Å². The first-order valence-electron chi connectivity index (χ1n) is 6.31. The topological polar surface area (TPSA) is 48.4 Å². The summed E-state index contributed by atoms with van der Waals surface area (Å²) >= 11 is 0. The zero-order valence-corrected chi connectivity index (χ0v) is 10.5. The van der Waals surface area contributed by atoms with E-state index in [2.05, 4.69) is 28.2 Å². The lowest BCUT2D eigenvalue weighted by atomic mass is 10.1. The van der Waals surface area contributed by atoms with E-state index in [0.717, 1.165) is 42.9 Å². The van der Waals surface area contributed by atoms with Crippen LogP contribution in [0.1, 0.15) is 5.56 Å². The number of nitrogens with one attached hydrogen (secondary N) is 1. The molecule has 94 valence electrons. The fourth-order valence-electron chi connectivity index (χ4n) is 2.44. The summed E-state index contributed by atoms with van der Waals surface area (Å²) in [5.41, 5.74) is 1.86. The normalized spacial score (nSPS) is 16.2. The number of aromatic hydroxyl groups is 1. The zero-order chi connectivity index (χ0) is 12.5. The van der Waals surface area contributed by atoms with Gasteiger partial charge in [0.1, 0.15) is 17.1 Å². The van der Waals surface area contributed by atoms with Crippen molar-refractivity contribution in [2.45, 2.75) is 6.92 Å². The third-order valence-corrected chi connectivity index (χ3v) is 3.45. The lowest BCUT2D eigenvalue weighted by molar-refractivity contribution is 0.480. The maximum atomic E-state index is 9.93. The first-order valence-corrected chi connectivity index (χ1v) is 6.31. The second kappa shape index (κ2) is 4.46. The first kappa shape index (κ1) is 11.3. The van der Waals surface area contributed by atoms with Gasteiger partial charge >= 0.3 is 0 Å². The molecule has 0 aliphatic carbocycles. The number of aryl methyl sites for hydroxylation is 1. The number of nitrogens with zero attached hydrogens (tertiary/aromatic N) is 2. The van der Waals surface area contributed by atoms with Gasteiger partial charge in [0.25, 0.3) is 0 Å². The lowest BCUT2D eigenvalue weighted by Crippen LogP contribution is -2.43. The van der Waals surface area contributed by atoms with E-state index in [4.69, 9.17) is 0 Å². The molecule has 2 N–H and O–H groups in total. The van der Waals surface area contributed by atoms with Gasteiger partial charge in [-0.1, -0.05) is 12.1 Å². The van der Waals surface area contributed by atoms with Gasteiger partial charge in [-0.15, -0.1) is 0 Å². The van der Waals surface area contributed by atoms with Crippen molar-refractivity contribution in [3.63, 3.8) is 0 Å². The van der Waals surface area contributed by atoms with E-state index < -0.39 is 0 Å². The van der Waals surface area contributed by atoms with Gasteiger partial charge in [0.05, 0.1) is 0 Å². The van der Waals surface area contributed by atoms with Crippen LogP contribution in [0.5, 0.6) is 5.75 Å². The highest BCUT2D eigenvalue weighted by atomic mass is 16.3. The SMILES string of the molecule is Cc1cc(N2CCNCC2)nc2c(O)cccc12.